The van der Waals surface area contributed by atoms with Gasteiger partial charge in [-0.05, 0) is 17.6 Å². The molecule has 0 aliphatic heterocycles. The van der Waals surface area contributed by atoms with E-state index in [4.69, 9.17) is 11.6 Å². The third-order valence-electron chi connectivity index (χ3n) is 2.08. The lowest BCUT2D eigenvalue weighted by Gasteiger charge is -1.98. The van der Waals surface area contributed by atoms with Crippen LogP contribution in [0.4, 0.5) is 0 Å². The monoisotopic (exact) mass is 196 g/mol. The number of hydrogen-bond acceptors (Lipinski definition) is 1. The van der Waals surface area contributed by atoms with Crippen molar-refractivity contribution in [1.29, 1.82) is 0 Å². The van der Waals surface area contributed by atoms with Crippen molar-refractivity contribution in [2.24, 2.45) is 0 Å². The Morgan fingerprint density at radius 3 is 2.77 bits per heavy atom. The average molecular weight is 197 g/mol. The van der Waals surface area contributed by atoms with Gasteiger partial charge in [0.05, 0.1) is 5.03 Å². The fraction of sp³-hybridized carbons (Fsp3) is 0.364. The number of halogens is 1. The van der Waals surface area contributed by atoms with E-state index in [1.165, 1.54) is 0 Å². The van der Waals surface area contributed by atoms with Gasteiger partial charge < -0.3 is 0 Å². The second-order valence-electron chi connectivity index (χ2n) is 3.14. The van der Waals surface area contributed by atoms with E-state index in [-0.39, 0.29) is 0 Å². The van der Waals surface area contributed by atoms with Crippen LogP contribution in [0.25, 0.3) is 0 Å². The molecule has 13 heavy (non-hydrogen) atoms. The molecule has 1 nitrogen and oxygen atoms in total. The summed E-state index contributed by atoms with van der Waals surface area (Å²) in [6.45, 7) is 5.99. The van der Waals surface area contributed by atoms with Crippen molar-refractivity contribution in [2.45, 2.75) is 26.2 Å². The lowest BCUT2D eigenvalue weighted by atomic mass is 10.1. The zero-order valence-corrected chi connectivity index (χ0v) is 8.53. The molecule has 0 aromatic heterocycles. The minimum absolute atomic E-state index is 0.591. The van der Waals surface area contributed by atoms with Crippen LogP contribution in [0.15, 0.2) is 34.4 Å². The molecule has 0 unspecified atom stereocenters. The molecule has 0 heterocycles. The van der Waals surface area contributed by atoms with E-state index in [1.54, 1.807) is 0 Å². The fourth-order valence-electron chi connectivity index (χ4n) is 1.35. The van der Waals surface area contributed by atoms with Gasteiger partial charge in [0.15, 0.2) is 0 Å². The van der Waals surface area contributed by atoms with E-state index in [0.29, 0.717) is 17.0 Å². The van der Waals surface area contributed by atoms with Gasteiger partial charge >= 0.3 is 0 Å². The smallest absolute Gasteiger partial charge is 0.147 e. The Labute approximate surface area is 83.8 Å². The van der Waals surface area contributed by atoms with E-state index in [0.717, 1.165) is 30.3 Å². The standard InChI is InChI=1S/C11H13ClO/c1-3-4-5-10-8(2)6-9(7-13)11(10)12/h5,7H,2-4,6H2,1H3/b10-5+. The van der Waals surface area contributed by atoms with Crippen molar-refractivity contribution < 1.29 is 4.79 Å². The van der Waals surface area contributed by atoms with E-state index in [9.17, 15) is 4.79 Å². The van der Waals surface area contributed by atoms with Crippen molar-refractivity contribution >= 4 is 17.9 Å². The number of unbranched alkanes of at least 4 members (excludes halogenated alkanes) is 1. The maximum Gasteiger partial charge on any atom is 0.147 e. The Bertz CT molecular complexity index is 297. The molecule has 1 rings (SSSR count). The molecule has 2 heteroatoms. The van der Waals surface area contributed by atoms with Crippen molar-refractivity contribution in [1.82, 2.24) is 0 Å². The number of carbonyl (C=O) groups excluding carboxylic acids is 1. The van der Waals surface area contributed by atoms with Crippen molar-refractivity contribution in [3.8, 4) is 0 Å². The molecule has 0 saturated heterocycles. The molecule has 0 saturated carbocycles. The second kappa shape index (κ2) is 4.43. The van der Waals surface area contributed by atoms with Crippen LogP contribution < -0.4 is 0 Å². The summed E-state index contributed by atoms with van der Waals surface area (Å²) in [6, 6.07) is 0. The SMILES string of the molecule is C=C1CC(C=O)=C(Cl)/C1=C/CCC. The van der Waals surface area contributed by atoms with Crippen LogP contribution in [0.5, 0.6) is 0 Å². The zero-order valence-electron chi connectivity index (χ0n) is 7.77. The van der Waals surface area contributed by atoms with Gasteiger partial charge in [0.1, 0.15) is 6.29 Å². The van der Waals surface area contributed by atoms with Gasteiger partial charge in [0.2, 0.25) is 0 Å². The summed E-state index contributed by atoms with van der Waals surface area (Å²) in [5.74, 6) is 0. The summed E-state index contributed by atoms with van der Waals surface area (Å²) >= 11 is 5.99. The normalized spacial score (nSPS) is 20.2. The molecular weight excluding hydrogens is 184 g/mol. The van der Waals surface area contributed by atoms with E-state index in [2.05, 4.69) is 19.6 Å². The molecule has 0 atom stereocenters. The molecule has 0 aromatic rings. The molecule has 0 amide bonds. The molecule has 1 aliphatic rings. The first-order valence-corrected chi connectivity index (χ1v) is 4.81. The summed E-state index contributed by atoms with van der Waals surface area (Å²) in [5.41, 5.74) is 2.58. The first-order chi connectivity index (χ1) is 6.20. The number of rotatable bonds is 3. The third kappa shape index (κ3) is 2.10. The number of aldehydes is 1. The fourth-order valence-corrected chi connectivity index (χ4v) is 1.67. The Morgan fingerprint density at radius 1 is 1.62 bits per heavy atom. The van der Waals surface area contributed by atoms with Gasteiger partial charge in [-0.15, -0.1) is 0 Å². The number of hydrogen-bond donors (Lipinski definition) is 0. The van der Waals surface area contributed by atoms with Crippen LogP contribution in [0.1, 0.15) is 26.2 Å². The predicted octanol–water partition coefficient (Wildman–Crippen LogP) is 3.36. The first-order valence-electron chi connectivity index (χ1n) is 4.43. The van der Waals surface area contributed by atoms with Crippen LogP contribution in [0.2, 0.25) is 0 Å². The molecule has 0 N–H and O–H groups in total. The lowest BCUT2D eigenvalue weighted by Crippen LogP contribution is -1.79. The van der Waals surface area contributed by atoms with E-state index in [1.807, 2.05) is 0 Å². The van der Waals surface area contributed by atoms with Crippen LogP contribution >= 0.6 is 11.6 Å². The lowest BCUT2D eigenvalue weighted by molar-refractivity contribution is -0.104. The first kappa shape index (κ1) is 10.3. The molecular formula is C11H13ClO. The Balaban J connectivity index is 2.92. The van der Waals surface area contributed by atoms with Crippen LogP contribution in [-0.4, -0.2) is 6.29 Å². The Kier molecular flexibility index (Phi) is 3.49. The van der Waals surface area contributed by atoms with Crippen molar-refractivity contribution in [3.05, 3.63) is 34.4 Å². The summed E-state index contributed by atoms with van der Waals surface area (Å²) in [6.07, 6.45) is 5.55. The molecule has 0 fully saturated rings. The number of carbonyl (C=O) groups is 1. The van der Waals surface area contributed by atoms with Crippen LogP contribution in [0, 0.1) is 0 Å². The summed E-state index contributed by atoms with van der Waals surface area (Å²) in [5, 5.41) is 0.591. The largest absolute Gasteiger partial charge is 0.298 e. The maximum absolute atomic E-state index is 10.6. The maximum atomic E-state index is 10.6. The van der Waals surface area contributed by atoms with Crippen LogP contribution in [-0.2, 0) is 4.79 Å². The summed E-state index contributed by atoms with van der Waals surface area (Å²) in [4.78, 5) is 10.6. The van der Waals surface area contributed by atoms with Gasteiger partial charge in [-0.3, -0.25) is 4.79 Å². The molecule has 0 bridgehead atoms. The molecule has 0 spiro atoms. The zero-order chi connectivity index (χ0) is 9.84. The third-order valence-corrected chi connectivity index (χ3v) is 2.53. The van der Waals surface area contributed by atoms with Gasteiger partial charge in [-0.25, -0.2) is 0 Å². The molecule has 0 radical (unpaired) electrons. The Hall–Kier alpha value is -0.820. The van der Waals surface area contributed by atoms with Gasteiger partial charge in [0, 0.05) is 12.0 Å². The van der Waals surface area contributed by atoms with Gasteiger partial charge in [-0.1, -0.05) is 37.6 Å². The quantitative estimate of drug-likeness (QED) is 0.633. The highest BCUT2D eigenvalue weighted by molar-refractivity contribution is 6.34. The topological polar surface area (TPSA) is 17.1 Å². The summed E-state index contributed by atoms with van der Waals surface area (Å²) < 4.78 is 0. The molecule has 0 aromatic carbocycles. The number of allylic oxidation sites excluding steroid dienone is 5. The minimum Gasteiger partial charge on any atom is -0.298 e. The average Bonchev–Trinajstić information content (AvgIpc) is 2.39. The highest BCUT2D eigenvalue weighted by Gasteiger charge is 2.20. The predicted molar refractivity (Wildman–Crippen MR) is 55.7 cm³/mol. The molecule has 70 valence electrons. The van der Waals surface area contributed by atoms with Gasteiger partial charge in [0.25, 0.3) is 0 Å². The van der Waals surface area contributed by atoms with E-state index < -0.39 is 0 Å². The van der Waals surface area contributed by atoms with Crippen molar-refractivity contribution in [2.75, 3.05) is 0 Å². The molecule has 1 aliphatic carbocycles. The van der Waals surface area contributed by atoms with Crippen molar-refractivity contribution in [3.63, 3.8) is 0 Å². The highest BCUT2D eigenvalue weighted by atomic mass is 35.5. The van der Waals surface area contributed by atoms with E-state index >= 15 is 0 Å². The second-order valence-corrected chi connectivity index (χ2v) is 3.52. The van der Waals surface area contributed by atoms with Gasteiger partial charge in [-0.2, -0.15) is 0 Å². The highest BCUT2D eigenvalue weighted by Crippen LogP contribution is 2.36. The van der Waals surface area contributed by atoms with Crippen LogP contribution in [0.3, 0.4) is 0 Å². The summed E-state index contributed by atoms with van der Waals surface area (Å²) in [7, 11) is 0. The minimum atomic E-state index is 0.591. The Morgan fingerprint density at radius 2 is 2.31 bits per heavy atom.